The van der Waals surface area contributed by atoms with Gasteiger partial charge < -0.3 is 24.6 Å². The molecule has 192 valence electrons. The van der Waals surface area contributed by atoms with Crippen LogP contribution in [0.25, 0.3) is 0 Å². The average Bonchev–Trinajstić information content (AvgIpc) is 3.27. The van der Waals surface area contributed by atoms with Gasteiger partial charge in [-0.05, 0) is 50.7 Å². The molecule has 7 rings (SSSR count). The molecule has 5 fully saturated rings. The molecule has 3 saturated carbocycles. The van der Waals surface area contributed by atoms with Crippen molar-refractivity contribution in [1.82, 2.24) is 30.0 Å². The molecule has 36 heavy (non-hydrogen) atoms. The molecule has 2 saturated heterocycles. The molecule has 0 aromatic carbocycles. The molecule has 0 atom stereocenters. The van der Waals surface area contributed by atoms with Crippen LogP contribution < -0.4 is 4.74 Å². The summed E-state index contributed by atoms with van der Waals surface area (Å²) in [4.78, 5) is 23.3. The molecule has 9 nitrogen and oxygen atoms in total. The molecule has 2 amide bonds. The number of nitrogens with zero attached hydrogens (tertiary/aromatic N) is 5. The first-order valence-corrected chi connectivity index (χ1v) is 12.4. The highest BCUT2D eigenvalue weighted by Crippen LogP contribution is 2.57. The van der Waals surface area contributed by atoms with Crippen molar-refractivity contribution in [3.05, 3.63) is 35.7 Å². The van der Waals surface area contributed by atoms with E-state index in [9.17, 15) is 23.1 Å². The van der Waals surface area contributed by atoms with E-state index in [1.807, 2.05) is 9.80 Å². The second-order valence-corrected chi connectivity index (χ2v) is 11.7. The van der Waals surface area contributed by atoms with Crippen LogP contribution in [0.15, 0.2) is 18.3 Å². The fourth-order valence-corrected chi connectivity index (χ4v) is 6.52. The maximum atomic E-state index is 12.9. The summed E-state index contributed by atoms with van der Waals surface area (Å²) in [5.41, 5.74) is -1.48. The molecule has 2 N–H and O–H groups in total. The lowest BCUT2D eigenvalue weighted by molar-refractivity contribution is -0.141. The molecule has 0 unspecified atom stereocenters. The van der Waals surface area contributed by atoms with Crippen molar-refractivity contribution in [2.75, 3.05) is 26.2 Å². The molecule has 2 spiro atoms. The van der Waals surface area contributed by atoms with E-state index in [1.165, 1.54) is 6.07 Å². The third-order valence-electron chi connectivity index (χ3n) is 8.71. The maximum absolute atomic E-state index is 12.9. The van der Waals surface area contributed by atoms with E-state index in [1.54, 1.807) is 0 Å². The topological polar surface area (TPSA) is 107 Å². The van der Waals surface area contributed by atoms with Gasteiger partial charge in [0.15, 0.2) is 5.82 Å². The predicted octanol–water partition coefficient (Wildman–Crippen LogP) is 3.04. The third kappa shape index (κ3) is 3.55. The number of carbonyl (C=O) groups is 1. The SMILES string of the molecule is O=C(N1CC2(CC(Oc3ccc(C(F)(F)F)nc3)C2)C1)N1CC2(CC(c3nnc(C4(O)CC4)[nH]3)C2)C1. The van der Waals surface area contributed by atoms with Gasteiger partial charge in [0, 0.05) is 42.9 Å². The number of aliphatic hydroxyl groups is 1. The Labute approximate surface area is 205 Å². The molecular weight excluding hydrogens is 477 g/mol. The van der Waals surface area contributed by atoms with Gasteiger partial charge in [-0.15, -0.1) is 10.2 Å². The number of amides is 2. The van der Waals surface area contributed by atoms with Crippen molar-refractivity contribution in [1.29, 1.82) is 0 Å². The Balaban J connectivity index is 0.840. The molecule has 4 heterocycles. The number of hydrogen-bond acceptors (Lipinski definition) is 6. The fraction of sp³-hybridized carbons (Fsp3) is 0.667. The third-order valence-corrected chi connectivity index (χ3v) is 8.71. The predicted molar refractivity (Wildman–Crippen MR) is 118 cm³/mol. The number of aromatic amines is 1. The van der Waals surface area contributed by atoms with Crippen LogP contribution in [0.2, 0.25) is 0 Å². The number of halogens is 3. The van der Waals surface area contributed by atoms with Crippen LogP contribution in [-0.4, -0.2) is 73.4 Å². The van der Waals surface area contributed by atoms with Gasteiger partial charge in [0.25, 0.3) is 0 Å². The molecule has 0 radical (unpaired) electrons. The van der Waals surface area contributed by atoms with Crippen molar-refractivity contribution in [2.45, 2.75) is 62.3 Å². The van der Waals surface area contributed by atoms with Gasteiger partial charge in [-0.25, -0.2) is 9.78 Å². The second kappa shape index (κ2) is 7.11. The quantitative estimate of drug-likeness (QED) is 0.663. The van der Waals surface area contributed by atoms with Gasteiger partial charge in [0.05, 0.1) is 6.20 Å². The van der Waals surface area contributed by atoms with E-state index in [0.29, 0.717) is 30.6 Å². The summed E-state index contributed by atoms with van der Waals surface area (Å²) in [6.07, 6.45) is 1.60. The number of urea groups is 1. The number of aromatic nitrogens is 4. The zero-order chi connectivity index (χ0) is 24.9. The highest BCUT2D eigenvalue weighted by Gasteiger charge is 2.59. The minimum atomic E-state index is -4.46. The number of carbonyl (C=O) groups excluding carboxylic acids is 1. The van der Waals surface area contributed by atoms with E-state index in [2.05, 4.69) is 20.2 Å². The normalized spacial score (nSPS) is 25.7. The molecule has 5 aliphatic rings. The number of likely N-dealkylation sites (tertiary alicyclic amines) is 2. The number of hydrogen-bond donors (Lipinski definition) is 2. The molecule has 2 aromatic rings. The van der Waals surface area contributed by atoms with Gasteiger partial charge >= 0.3 is 12.2 Å². The molecule has 2 aliphatic heterocycles. The number of nitrogens with one attached hydrogen (secondary N) is 1. The number of H-pyrrole nitrogens is 1. The van der Waals surface area contributed by atoms with Gasteiger partial charge in [0.1, 0.15) is 29.0 Å². The summed E-state index contributed by atoms with van der Waals surface area (Å²) in [7, 11) is 0. The van der Waals surface area contributed by atoms with E-state index in [-0.39, 0.29) is 23.0 Å². The Morgan fingerprint density at radius 2 is 1.67 bits per heavy atom. The van der Waals surface area contributed by atoms with Crippen LogP contribution in [0.4, 0.5) is 18.0 Å². The largest absolute Gasteiger partial charge is 0.489 e. The van der Waals surface area contributed by atoms with Gasteiger partial charge in [-0.1, -0.05) is 0 Å². The van der Waals surface area contributed by atoms with E-state index >= 15 is 0 Å². The molecule has 12 heteroatoms. The van der Waals surface area contributed by atoms with Crippen molar-refractivity contribution in [3.8, 4) is 5.75 Å². The van der Waals surface area contributed by atoms with E-state index in [0.717, 1.165) is 69.7 Å². The summed E-state index contributed by atoms with van der Waals surface area (Å²) in [6, 6.07) is 2.32. The Kier molecular flexibility index (Phi) is 4.41. The first kappa shape index (κ1) is 22.3. The summed E-state index contributed by atoms with van der Waals surface area (Å²) >= 11 is 0. The zero-order valence-electron chi connectivity index (χ0n) is 19.6. The van der Waals surface area contributed by atoms with Crippen LogP contribution >= 0.6 is 0 Å². The molecule has 0 bridgehead atoms. The Morgan fingerprint density at radius 3 is 2.22 bits per heavy atom. The van der Waals surface area contributed by atoms with Gasteiger partial charge in [0.2, 0.25) is 0 Å². The summed E-state index contributed by atoms with van der Waals surface area (Å²) in [5, 5.41) is 18.5. The number of rotatable bonds is 4. The van der Waals surface area contributed by atoms with E-state index in [4.69, 9.17) is 4.74 Å². The lowest BCUT2D eigenvalue weighted by Crippen LogP contribution is -2.71. The number of pyridine rings is 1. The van der Waals surface area contributed by atoms with E-state index < -0.39 is 17.5 Å². The first-order valence-electron chi connectivity index (χ1n) is 12.4. The number of alkyl halides is 3. The van der Waals surface area contributed by atoms with Gasteiger partial charge in [-0.2, -0.15) is 13.2 Å². The minimum Gasteiger partial charge on any atom is -0.489 e. The lowest BCUT2D eigenvalue weighted by atomic mass is 9.57. The molecule has 2 aromatic heterocycles. The zero-order valence-corrected chi connectivity index (χ0v) is 19.6. The second-order valence-electron chi connectivity index (χ2n) is 11.7. The van der Waals surface area contributed by atoms with Gasteiger partial charge in [-0.3, -0.25) is 0 Å². The summed E-state index contributed by atoms with van der Waals surface area (Å²) < 4.78 is 43.7. The highest BCUT2D eigenvalue weighted by atomic mass is 19.4. The van der Waals surface area contributed by atoms with Crippen molar-refractivity contribution in [3.63, 3.8) is 0 Å². The minimum absolute atomic E-state index is 0.0581. The van der Waals surface area contributed by atoms with Crippen molar-refractivity contribution >= 4 is 6.03 Å². The lowest BCUT2D eigenvalue weighted by Gasteiger charge is -2.62. The van der Waals surface area contributed by atoms with Crippen molar-refractivity contribution < 1.29 is 27.8 Å². The fourth-order valence-electron chi connectivity index (χ4n) is 6.52. The Bertz CT molecular complexity index is 1180. The highest BCUT2D eigenvalue weighted by molar-refractivity contribution is 5.77. The Hall–Kier alpha value is -2.89. The maximum Gasteiger partial charge on any atom is 0.433 e. The number of ether oxygens (including phenoxy) is 1. The standard InChI is InChI=1S/C24H27F3N6O3/c25-24(26,27)17-2-1-15(9-28-17)36-16-7-22(8-16)12-33(13-22)20(34)32-10-21(11-32)5-14(6-21)18-29-19(31-30-18)23(35)3-4-23/h1-2,9,14,16,35H,3-8,10-13H2,(H,29,30,31). The van der Waals surface area contributed by atoms with Crippen LogP contribution in [0.3, 0.4) is 0 Å². The molecule has 3 aliphatic carbocycles. The molecular formula is C24H27F3N6O3. The van der Waals surface area contributed by atoms with Crippen molar-refractivity contribution in [2.24, 2.45) is 10.8 Å². The summed E-state index contributed by atoms with van der Waals surface area (Å²) in [6.45, 7) is 2.94. The Morgan fingerprint density at radius 1 is 1.03 bits per heavy atom. The monoisotopic (exact) mass is 504 g/mol. The first-order chi connectivity index (χ1) is 17.0. The smallest absolute Gasteiger partial charge is 0.433 e. The van der Waals surface area contributed by atoms with Crippen LogP contribution in [0.5, 0.6) is 5.75 Å². The summed E-state index contributed by atoms with van der Waals surface area (Å²) in [5.74, 6) is 2.07. The van der Waals surface area contributed by atoms with Crippen LogP contribution in [0.1, 0.15) is 61.8 Å². The average molecular weight is 505 g/mol. The van der Waals surface area contributed by atoms with Crippen LogP contribution in [0, 0.1) is 10.8 Å². The van der Waals surface area contributed by atoms with Crippen LogP contribution in [-0.2, 0) is 11.8 Å².